The molecule has 0 aliphatic rings. The molecule has 5 heteroatoms. The van der Waals surface area contributed by atoms with Crippen molar-refractivity contribution in [1.29, 1.82) is 0 Å². The number of rotatable bonds is 7. The molecule has 0 radical (unpaired) electrons. The Bertz CT molecular complexity index is 383. The van der Waals surface area contributed by atoms with Gasteiger partial charge in [0.2, 0.25) is 0 Å². The van der Waals surface area contributed by atoms with Crippen molar-refractivity contribution in [2.75, 3.05) is 21.3 Å². The number of hydrogen-bond donors (Lipinski definition) is 2. The van der Waals surface area contributed by atoms with Gasteiger partial charge in [-0.15, -0.1) is 0 Å². The van der Waals surface area contributed by atoms with Gasteiger partial charge in [-0.05, 0) is 19.8 Å². The minimum Gasteiger partial charge on any atom is -0.496 e. The molecule has 0 aliphatic carbocycles. The summed E-state index contributed by atoms with van der Waals surface area (Å²) in [5, 5.41) is 0. The van der Waals surface area contributed by atoms with Crippen LogP contribution in [0.25, 0.3) is 0 Å². The van der Waals surface area contributed by atoms with Crippen molar-refractivity contribution in [2.24, 2.45) is 11.5 Å². The Morgan fingerprint density at radius 2 is 1.47 bits per heavy atom. The van der Waals surface area contributed by atoms with Crippen LogP contribution in [0.15, 0.2) is 12.1 Å². The maximum absolute atomic E-state index is 6.23. The molecule has 0 saturated heterocycles. The molecule has 2 atom stereocenters. The lowest BCUT2D eigenvalue weighted by atomic mass is 9.98. The maximum atomic E-state index is 6.23. The molecule has 1 aromatic rings. The third-order valence-electron chi connectivity index (χ3n) is 3.06. The SMILES string of the molecule is COc1cc(OC)c(C(N)CCC(C)N)c(OC)c1. The average molecular weight is 268 g/mol. The first-order valence-electron chi connectivity index (χ1n) is 6.34. The molecule has 4 N–H and O–H groups in total. The van der Waals surface area contributed by atoms with E-state index >= 15 is 0 Å². The predicted molar refractivity (Wildman–Crippen MR) is 75.9 cm³/mol. The Balaban J connectivity index is 3.08. The lowest BCUT2D eigenvalue weighted by Crippen LogP contribution is -2.19. The first-order chi connectivity index (χ1) is 9.03. The number of nitrogens with two attached hydrogens (primary N) is 2. The summed E-state index contributed by atoms with van der Waals surface area (Å²) < 4.78 is 16.0. The summed E-state index contributed by atoms with van der Waals surface area (Å²) in [6, 6.07) is 3.57. The van der Waals surface area contributed by atoms with Gasteiger partial charge in [0, 0.05) is 24.2 Å². The van der Waals surface area contributed by atoms with Gasteiger partial charge in [-0.3, -0.25) is 0 Å². The van der Waals surface area contributed by atoms with E-state index in [1.807, 2.05) is 19.1 Å². The van der Waals surface area contributed by atoms with Crippen molar-refractivity contribution in [3.63, 3.8) is 0 Å². The largest absolute Gasteiger partial charge is 0.496 e. The Morgan fingerprint density at radius 3 is 1.84 bits per heavy atom. The molecule has 2 unspecified atom stereocenters. The molecule has 0 aromatic heterocycles. The molecule has 0 saturated carbocycles. The van der Waals surface area contributed by atoms with Crippen molar-refractivity contribution in [1.82, 2.24) is 0 Å². The fraction of sp³-hybridized carbons (Fsp3) is 0.571. The third kappa shape index (κ3) is 4.01. The van der Waals surface area contributed by atoms with Gasteiger partial charge in [0.1, 0.15) is 17.2 Å². The molecule has 1 aromatic carbocycles. The van der Waals surface area contributed by atoms with Crippen molar-refractivity contribution < 1.29 is 14.2 Å². The highest BCUT2D eigenvalue weighted by Crippen LogP contribution is 2.38. The minimum absolute atomic E-state index is 0.126. The summed E-state index contributed by atoms with van der Waals surface area (Å²) >= 11 is 0. The second kappa shape index (κ2) is 7.21. The van der Waals surface area contributed by atoms with Crippen LogP contribution in [0.1, 0.15) is 31.4 Å². The van der Waals surface area contributed by atoms with Crippen LogP contribution in [0.5, 0.6) is 17.2 Å². The Labute approximate surface area is 114 Å². The lowest BCUT2D eigenvalue weighted by Gasteiger charge is -2.20. The normalized spacial score (nSPS) is 13.8. The van der Waals surface area contributed by atoms with Gasteiger partial charge in [-0.2, -0.15) is 0 Å². The van der Waals surface area contributed by atoms with Crippen LogP contribution in [-0.4, -0.2) is 27.4 Å². The fourth-order valence-electron chi connectivity index (χ4n) is 1.98. The highest BCUT2D eigenvalue weighted by Gasteiger charge is 2.19. The molecule has 0 fully saturated rings. The lowest BCUT2D eigenvalue weighted by molar-refractivity contribution is 0.361. The molecular formula is C14H24N2O3. The minimum atomic E-state index is -0.179. The van der Waals surface area contributed by atoms with Crippen LogP contribution < -0.4 is 25.7 Å². The summed E-state index contributed by atoms with van der Waals surface area (Å²) in [5.74, 6) is 2.03. The number of benzene rings is 1. The second-order valence-corrected chi connectivity index (χ2v) is 4.61. The topological polar surface area (TPSA) is 79.7 Å². The van der Waals surface area contributed by atoms with E-state index in [4.69, 9.17) is 25.7 Å². The van der Waals surface area contributed by atoms with Crippen LogP contribution in [-0.2, 0) is 0 Å². The van der Waals surface area contributed by atoms with Gasteiger partial charge in [0.15, 0.2) is 0 Å². The van der Waals surface area contributed by atoms with Gasteiger partial charge in [0.05, 0.1) is 26.9 Å². The van der Waals surface area contributed by atoms with E-state index in [9.17, 15) is 0 Å². The summed E-state index contributed by atoms with van der Waals surface area (Å²) in [4.78, 5) is 0. The summed E-state index contributed by atoms with van der Waals surface area (Å²) in [7, 11) is 4.82. The molecular weight excluding hydrogens is 244 g/mol. The summed E-state index contributed by atoms with van der Waals surface area (Å²) in [6.07, 6.45) is 1.62. The van der Waals surface area contributed by atoms with Gasteiger partial charge in [-0.1, -0.05) is 0 Å². The predicted octanol–water partition coefficient (Wildman–Crippen LogP) is 1.84. The zero-order valence-electron chi connectivity index (χ0n) is 12.1. The number of methoxy groups -OCH3 is 3. The molecule has 1 rings (SSSR count). The third-order valence-corrected chi connectivity index (χ3v) is 3.06. The van der Waals surface area contributed by atoms with Crippen molar-refractivity contribution in [2.45, 2.75) is 31.8 Å². The van der Waals surface area contributed by atoms with Crippen molar-refractivity contribution in [3.05, 3.63) is 17.7 Å². The monoisotopic (exact) mass is 268 g/mol. The molecule has 108 valence electrons. The second-order valence-electron chi connectivity index (χ2n) is 4.61. The summed E-state index contributed by atoms with van der Waals surface area (Å²) in [5.41, 5.74) is 12.9. The molecule has 0 amide bonds. The fourth-order valence-corrected chi connectivity index (χ4v) is 1.98. The molecule has 0 spiro atoms. The Kier molecular flexibility index (Phi) is 5.92. The maximum Gasteiger partial charge on any atom is 0.131 e. The van der Waals surface area contributed by atoms with Crippen molar-refractivity contribution in [3.8, 4) is 17.2 Å². The molecule has 0 aliphatic heterocycles. The highest BCUT2D eigenvalue weighted by molar-refractivity contribution is 5.52. The van der Waals surface area contributed by atoms with E-state index in [0.717, 1.165) is 18.4 Å². The zero-order chi connectivity index (χ0) is 14.4. The molecule has 0 bridgehead atoms. The van der Waals surface area contributed by atoms with E-state index < -0.39 is 0 Å². The summed E-state index contributed by atoms with van der Waals surface area (Å²) in [6.45, 7) is 1.97. The van der Waals surface area contributed by atoms with E-state index in [2.05, 4.69) is 0 Å². The Morgan fingerprint density at radius 1 is 0.947 bits per heavy atom. The van der Waals surface area contributed by atoms with E-state index in [0.29, 0.717) is 17.2 Å². The van der Waals surface area contributed by atoms with Crippen LogP contribution >= 0.6 is 0 Å². The van der Waals surface area contributed by atoms with Crippen LogP contribution in [0, 0.1) is 0 Å². The smallest absolute Gasteiger partial charge is 0.131 e. The van der Waals surface area contributed by atoms with Crippen LogP contribution in [0.4, 0.5) is 0 Å². The number of ether oxygens (including phenoxy) is 3. The standard InChI is InChI=1S/C14H24N2O3/c1-9(15)5-6-11(16)14-12(18-3)7-10(17-2)8-13(14)19-4/h7-9,11H,5-6,15-16H2,1-4H3. The zero-order valence-corrected chi connectivity index (χ0v) is 12.1. The molecule has 5 nitrogen and oxygen atoms in total. The first-order valence-corrected chi connectivity index (χ1v) is 6.34. The first kappa shape index (κ1) is 15.6. The Hall–Kier alpha value is -1.46. The van der Waals surface area contributed by atoms with E-state index in [-0.39, 0.29) is 12.1 Å². The van der Waals surface area contributed by atoms with Gasteiger partial charge >= 0.3 is 0 Å². The highest BCUT2D eigenvalue weighted by atomic mass is 16.5. The van der Waals surface area contributed by atoms with Gasteiger partial charge < -0.3 is 25.7 Å². The molecule has 0 heterocycles. The molecule has 19 heavy (non-hydrogen) atoms. The average Bonchev–Trinajstić information content (AvgIpc) is 2.42. The van der Waals surface area contributed by atoms with E-state index in [1.165, 1.54) is 0 Å². The van der Waals surface area contributed by atoms with Crippen LogP contribution in [0.3, 0.4) is 0 Å². The van der Waals surface area contributed by atoms with Gasteiger partial charge in [0.25, 0.3) is 0 Å². The number of hydrogen-bond acceptors (Lipinski definition) is 5. The van der Waals surface area contributed by atoms with Crippen molar-refractivity contribution >= 4 is 0 Å². The van der Waals surface area contributed by atoms with Gasteiger partial charge in [-0.25, -0.2) is 0 Å². The van der Waals surface area contributed by atoms with Crippen LogP contribution in [0.2, 0.25) is 0 Å². The quantitative estimate of drug-likeness (QED) is 0.788. The van der Waals surface area contributed by atoms with E-state index in [1.54, 1.807) is 21.3 Å².